The molecule has 1 heterocycles. The molecule has 0 aliphatic heterocycles. The Labute approximate surface area is 148 Å². The highest BCUT2D eigenvalue weighted by molar-refractivity contribution is 5.38. The fourth-order valence-electron chi connectivity index (χ4n) is 2.85. The summed E-state index contributed by atoms with van der Waals surface area (Å²) in [4.78, 5) is 4.52. The number of ether oxygens (including phenoxy) is 2. The summed E-state index contributed by atoms with van der Waals surface area (Å²) >= 11 is 0. The van der Waals surface area contributed by atoms with Gasteiger partial charge in [0.15, 0.2) is 0 Å². The summed E-state index contributed by atoms with van der Waals surface area (Å²) in [5.74, 6) is 2.54. The van der Waals surface area contributed by atoms with Crippen molar-refractivity contribution >= 4 is 0 Å². The van der Waals surface area contributed by atoms with Crippen LogP contribution in [0.2, 0.25) is 0 Å². The lowest BCUT2D eigenvalue weighted by atomic mass is 10.1. The number of aromatic nitrogens is 2. The van der Waals surface area contributed by atoms with Crippen molar-refractivity contribution in [3.8, 4) is 11.5 Å². The van der Waals surface area contributed by atoms with Gasteiger partial charge >= 0.3 is 0 Å². The van der Waals surface area contributed by atoms with Crippen LogP contribution in [0.5, 0.6) is 11.5 Å². The summed E-state index contributed by atoms with van der Waals surface area (Å²) in [5.41, 5.74) is 2.26. The maximum atomic E-state index is 5.36. The van der Waals surface area contributed by atoms with Gasteiger partial charge in [0.2, 0.25) is 0 Å². The molecule has 1 atom stereocenters. The molecular weight excluding hydrogens is 314 g/mol. The predicted octanol–water partition coefficient (Wildman–Crippen LogP) is 3.32. The van der Waals surface area contributed by atoms with Crippen LogP contribution in [0.4, 0.5) is 0 Å². The molecule has 0 saturated carbocycles. The molecule has 3 aromatic rings. The van der Waals surface area contributed by atoms with E-state index in [1.54, 1.807) is 14.2 Å². The van der Waals surface area contributed by atoms with Crippen molar-refractivity contribution in [2.45, 2.75) is 12.6 Å². The smallest absolute Gasteiger partial charge is 0.130 e. The molecule has 5 nitrogen and oxygen atoms in total. The standard InChI is InChI=1S/C20H23N3O2/c1-23-10-9-21-20(23)19(16-7-5-4-6-8-16)22-14-15-11-17(24-2)13-18(12-15)25-3/h4-13,19,22H,14H2,1-3H3. The number of nitrogens with one attached hydrogen (secondary N) is 1. The largest absolute Gasteiger partial charge is 0.497 e. The maximum absolute atomic E-state index is 5.36. The van der Waals surface area contributed by atoms with Gasteiger partial charge in [0.1, 0.15) is 17.3 Å². The van der Waals surface area contributed by atoms with E-state index in [1.807, 2.05) is 60.4 Å². The van der Waals surface area contributed by atoms with Crippen LogP contribution in [0.25, 0.3) is 0 Å². The SMILES string of the molecule is COc1cc(CNC(c2ccccc2)c2nccn2C)cc(OC)c1. The number of nitrogens with zero attached hydrogens (tertiary/aromatic N) is 2. The van der Waals surface area contributed by atoms with Gasteiger partial charge in [-0.25, -0.2) is 4.98 Å². The van der Waals surface area contributed by atoms with Crippen LogP contribution in [-0.4, -0.2) is 23.8 Å². The molecule has 1 unspecified atom stereocenters. The summed E-state index contributed by atoms with van der Waals surface area (Å²) in [6.45, 7) is 0.667. The Balaban J connectivity index is 1.86. The number of aryl methyl sites for hydroxylation is 1. The molecule has 0 amide bonds. The zero-order chi connectivity index (χ0) is 17.6. The second-order valence-corrected chi connectivity index (χ2v) is 5.84. The van der Waals surface area contributed by atoms with Crippen molar-refractivity contribution in [2.75, 3.05) is 14.2 Å². The van der Waals surface area contributed by atoms with E-state index < -0.39 is 0 Å². The molecule has 0 fully saturated rings. The van der Waals surface area contributed by atoms with Crippen molar-refractivity contribution < 1.29 is 9.47 Å². The average Bonchev–Trinajstić information content (AvgIpc) is 3.08. The maximum Gasteiger partial charge on any atom is 0.130 e. The summed E-state index contributed by atoms with van der Waals surface area (Å²) in [5, 5.41) is 3.60. The molecule has 3 rings (SSSR count). The van der Waals surface area contributed by atoms with Crippen LogP contribution >= 0.6 is 0 Å². The van der Waals surface area contributed by atoms with Gasteiger partial charge in [-0.2, -0.15) is 0 Å². The van der Waals surface area contributed by atoms with Gasteiger partial charge in [-0.15, -0.1) is 0 Å². The highest BCUT2D eigenvalue weighted by Crippen LogP contribution is 2.24. The lowest BCUT2D eigenvalue weighted by Gasteiger charge is -2.19. The van der Waals surface area contributed by atoms with E-state index in [9.17, 15) is 0 Å². The van der Waals surface area contributed by atoms with Crippen LogP contribution in [0.15, 0.2) is 60.9 Å². The Bertz CT molecular complexity index is 793. The molecule has 5 heteroatoms. The molecule has 0 bridgehead atoms. The molecule has 0 spiro atoms. The van der Waals surface area contributed by atoms with E-state index in [2.05, 4.69) is 22.4 Å². The first kappa shape index (κ1) is 17.0. The van der Waals surface area contributed by atoms with Gasteiger partial charge in [-0.1, -0.05) is 30.3 Å². The lowest BCUT2D eigenvalue weighted by Crippen LogP contribution is -2.24. The Morgan fingerprint density at radius 2 is 1.72 bits per heavy atom. The third kappa shape index (κ3) is 4.00. The van der Waals surface area contributed by atoms with E-state index in [4.69, 9.17) is 9.47 Å². The molecule has 25 heavy (non-hydrogen) atoms. The Kier molecular flexibility index (Phi) is 5.36. The van der Waals surface area contributed by atoms with E-state index in [0.717, 1.165) is 22.9 Å². The normalized spacial score (nSPS) is 12.0. The lowest BCUT2D eigenvalue weighted by molar-refractivity contribution is 0.393. The number of hydrogen-bond donors (Lipinski definition) is 1. The summed E-state index contributed by atoms with van der Waals surface area (Å²) in [6.07, 6.45) is 3.78. The Morgan fingerprint density at radius 1 is 1.04 bits per heavy atom. The van der Waals surface area contributed by atoms with Crippen LogP contribution < -0.4 is 14.8 Å². The molecular formula is C20H23N3O2. The van der Waals surface area contributed by atoms with Crippen LogP contribution in [0, 0.1) is 0 Å². The first-order valence-electron chi connectivity index (χ1n) is 8.18. The van der Waals surface area contributed by atoms with Gasteiger partial charge in [0.25, 0.3) is 0 Å². The second kappa shape index (κ2) is 7.85. The number of imidazole rings is 1. The number of rotatable bonds is 7. The van der Waals surface area contributed by atoms with E-state index in [-0.39, 0.29) is 6.04 Å². The first-order chi connectivity index (χ1) is 12.2. The minimum atomic E-state index is -0.00149. The highest BCUT2D eigenvalue weighted by atomic mass is 16.5. The van der Waals surface area contributed by atoms with Crippen LogP contribution in [-0.2, 0) is 13.6 Å². The molecule has 0 saturated heterocycles. The summed E-state index contributed by atoms with van der Waals surface area (Å²) in [6, 6.07) is 16.2. The first-order valence-corrected chi connectivity index (χ1v) is 8.18. The van der Waals surface area contributed by atoms with Gasteiger partial charge in [-0.05, 0) is 23.3 Å². The van der Waals surface area contributed by atoms with Crippen molar-refractivity contribution in [2.24, 2.45) is 7.05 Å². The fraction of sp³-hybridized carbons (Fsp3) is 0.250. The zero-order valence-corrected chi connectivity index (χ0v) is 14.8. The second-order valence-electron chi connectivity index (χ2n) is 5.84. The number of hydrogen-bond acceptors (Lipinski definition) is 4. The molecule has 0 aliphatic carbocycles. The minimum absolute atomic E-state index is 0.00149. The third-order valence-corrected chi connectivity index (χ3v) is 4.17. The molecule has 0 radical (unpaired) electrons. The molecule has 2 aromatic carbocycles. The Morgan fingerprint density at radius 3 is 2.28 bits per heavy atom. The predicted molar refractivity (Wildman–Crippen MR) is 97.9 cm³/mol. The molecule has 0 aliphatic rings. The molecule has 1 aromatic heterocycles. The quantitative estimate of drug-likeness (QED) is 0.718. The van der Waals surface area contributed by atoms with Gasteiger partial charge in [0.05, 0.1) is 20.3 Å². The van der Waals surface area contributed by atoms with E-state index >= 15 is 0 Å². The van der Waals surface area contributed by atoms with Crippen molar-refractivity contribution in [3.05, 3.63) is 77.9 Å². The molecule has 1 N–H and O–H groups in total. The minimum Gasteiger partial charge on any atom is -0.497 e. The average molecular weight is 337 g/mol. The third-order valence-electron chi connectivity index (χ3n) is 4.17. The van der Waals surface area contributed by atoms with Crippen molar-refractivity contribution in [1.82, 2.24) is 14.9 Å². The van der Waals surface area contributed by atoms with Gasteiger partial charge in [0, 0.05) is 32.1 Å². The van der Waals surface area contributed by atoms with E-state index in [1.165, 1.54) is 5.56 Å². The molecule has 130 valence electrons. The van der Waals surface area contributed by atoms with Crippen LogP contribution in [0.3, 0.4) is 0 Å². The van der Waals surface area contributed by atoms with Crippen molar-refractivity contribution in [3.63, 3.8) is 0 Å². The topological polar surface area (TPSA) is 48.3 Å². The summed E-state index contributed by atoms with van der Waals surface area (Å²) in [7, 11) is 5.33. The zero-order valence-electron chi connectivity index (χ0n) is 14.8. The van der Waals surface area contributed by atoms with Gasteiger partial charge in [-0.3, -0.25) is 5.32 Å². The Hall–Kier alpha value is -2.79. The van der Waals surface area contributed by atoms with Crippen molar-refractivity contribution in [1.29, 1.82) is 0 Å². The van der Waals surface area contributed by atoms with E-state index in [0.29, 0.717) is 6.54 Å². The number of methoxy groups -OCH3 is 2. The van der Waals surface area contributed by atoms with Gasteiger partial charge < -0.3 is 14.0 Å². The number of benzene rings is 2. The fourth-order valence-corrected chi connectivity index (χ4v) is 2.85. The highest BCUT2D eigenvalue weighted by Gasteiger charge is 2.17. The summed E-state index contributed by atoms with van der Waals surface area (Å²) < 4.78 is 12.8. The van der Waals surface area contributed by atoms with Crippen LogP contribution in [0.1, 0.15) is 23.0 Å². The monoisotopic (exact) mass is 337 g/mol.